The Bertz CT molecular complexity index is 225. The van der Waals surface area contributed by atoms with Crippen LogP contribution in [0.4, 0.5) is 0 Å². The Kier molecular flexibility index (Phi) is 8.97. The van der Waals surface area contributed by atoms with Gasteiger partial charge in [-0.3, -0.25) is 4.79 Å². The Hall–Kier alpha value is -0.650. The van der Waals surface area contributed by atoms with E-state index in [1.165, 1.54) is 0 Å². The molecule has 0 spiro atoms. The van der Waals surface area contributed by atoms with E-state index >= 15 is 0 Å². The minimum absolute atomic E-state index is 0.0242. The van der Waals surface area contributed by atoms with E-state index in [0.29, 0.717) is 19.3 Å². The SMILES string of the molecule is CCC(O)CCCCC(=O)OCC(C)(CO)CO. The van der Waals surface area contributed by atoms with Gasteiger partial charge in [-0.05, 0) is 19.3 Å². The largest absolute Gasteiger partial charge is 0.465 e. The molecule has 3 N–H and O–H groups in total. The van der Waals surface area contributed by atoms with Crippen molar-refractivity contribution in [2.75, 3.05) is 19.8 Å². The molecule has 5 heteroatoms. The summed E-state index contributed by atoms with van der Waals surface area (Å²) < 4.78 is 5.00. The molecule has 0 aliphatic carbocycles. The molecular weight excluding hydrogens is 236 g/mol. The molecule has 0 heterocycles. The van der Waals surface area contributed by atoms with Gasteiger partial charge in [0.05, 0.1) is 19.3 Å². The first-order valence-corrected chi connectivity index (χ1v) is 6.53. The standard InChI is InChI=1S/C13H26O5/c1-3-11(16)6-4-5-7-12(17)18-10-13(2,8-14)9-15/h11,14-16H,3-10H2,1-2H3. The normalized spacial score (nSPS) is 13.4. The van der Waals surface area contributed by atoms with E-state index in [1.54, 1.807) is 6.92 Å². The molecule has 108 valence electrons. The second-order valence-corrected chi connectivity index (χ2v) is 5.10. The highest BCUT2D eigenvalue weighted by atomic mass is 16.5. The molecular formula is C13H26O5. The number of carbonyl (C=O) groups excluding carboxylic acids is 1. The van der Waals surface area contributed by atoms with Crippen LogP contribution in [0.25, 0.3) is 0 Å². The van der Waals surface area contributed by atoms with E-state index in [0.717, 1.165) is 12.8 Å². The van der Waals surface area contributed by atoms with Gasteiger partial charge >= 0.3 is 5.97 Å². The number of ether oxygens (including phenoxy) is 1. The third kappa shape index (κ3) is 7.63. The van der Waals surface area contributed by atoms with Gasteiger partial charge in [0, 0.05) is 11.8 Å². The van der Waals surface area contributed by atoms with Crippen molar-refractivity contribution in [3.8, 4) is 0 Å². The van der Waals surface area contributed by atoms with Crippen LogP contribution in [-0.2, 0) is 9.53 Å². The van der Waals surface area contributed by atoms with Crippen molar-refractivity contribution in [1.29, 1.82) is 0 Å². The summed E-state index contributed by atoms with van der Waals surface area (Å²) in [6.07, 6.45) is 2.94. The van der Waals surface area contributed by atoms with Crippen LogP contribution in [0.3, 0.4) is 0 Å². The zero-order valence-corrected chi connectivity index (χ0v) is 11.4. The quantitative estimate of drug-likeness (QED) is 0.401. The first-order valence-electron chi connectivity index (χ1n) is 6.53. The number of aliphatic hydroxyl groups is 3. The summed E-state index contributed by atoms with van der Waals surface area (Å²) in [6, 6.07) is 0. The fourth-order valence-corrected chi connectivity index (χ4v) is 1.32. The van der Waals surface area contributed by atoms with Crippen LogP contribution < -0.4 is 0 Å². The predicted molar refractivity (Wildman–Crippen MR) is 68.0 cm³/mol. The first kappa shape index (κ1) is 17.4. The molecule has 0 aromatic rings. The predicted octanol–water partition coefficient (Wildman–Crippen LogP) is 0.852. The molecule has 0 aromatic heterocycles. The van der Waals surface area contributed by atoms with Gasteiger partial charge in [-0.2, -0.15) is 0 Å². The van der Waals surface area contributed by atoms with Gasteiger partial charge in [0.1, 0.15) is 6.61 Å². The second-order valence-electron chi connectivity index (χ2n) is 5.10. The zero-order valence-electron chi connectivity index (χ0n) is 11.4. The van der Waals surface area contributed by atoms with E-state index < -0.39 is 5.41 Å². The maximum absolute atomic E-state index is 11.4. The van der Waals surface area contributed by atoms with E-state index in [4.69, 9.17) is 14.9 Å². The highest BCUT2D eigenvalue weighted by molar-refractivity contribution is 5.69. The minimum atomic E-state index is -0.770. The van der Waals surface area contributed by atoms with Gasteiger partial charge in [-0.15, -0.1) is 0 Å². The number of hydrogen-bond donors (Lipinski definition) is 3. The van der Waals surface area contributed by atoms with Crippen LogP contribution >= 0.6 is 0 Å². The fraction of sp³-hybridized carbons (Fsp3) is 0.923. The van der Waals surface area contributed by atoms with E-state index in [1.807, 2.05) is 6.92 Å². The molecule has 0 aromatic carbocycles. The topological polar surface area (TPSA) is 87.0 Å². The molecule has 0 radical (unpaired) electrons. The summed E-state index contributed by atoms with van der Waals surface area (Å²) in [5.74, 6) is -0.325. The maximum Gasteiger partial charge on any atom is 0.305 e. The monoisotopic (exact) mass is 262 g/mol. The van der Waals surface area contributed by atoms with Gasteiger partial charge in [-0.25, -0.2) is 0 Å². The van der Waals surface area contributed by atoms with Crippen LogP contribution in [0.15, 0.2) is 0 Å². The van der Waals surface area contributed by atoms with E-state index in [2.05, 4.69) is 0 Å². The highest BCUT2D eigenvalue weighted by Crippen LogP contribution is 2.15. The smallest absolute Gasteiger partial charge is 0.305 e. The number of rotatable bonds is 10. The lowest BCUT2D eigenvalue weighted by Gasteiger charge is -2.23. The molecule has 0 saturated carbocycles. The molecule has 1 atom stereocenters. The molecule has 0 aliphatic rings. The summed E-state index contributed by atoms with van der Waals surface area (Å²) >= 11 is 0. The van der Waals surface area contributed by atoms with Crippen molar-refractivity contribution >= 4 is 5.97 Å². The lowest BCUT2D eigenvalue weighted by molar-refractivity contribution is -0.149. The average molecular weight is 262 g/mol. The summed E-state index contributed by atoms with van der Waals surface area (Å²) in [7, 11) is 0. The fourth-order valence-electron chi connectivity index (χ4n) is 1.32. The Morgan fingerprint density at radius 2 is 1.89 bits per heavy atom. The van der Waals surface area contributed by atoms with Gasteiger partial charge < -0.3 is 20.1 Å². The number of carbonyl (C=O) groups is 1. The molecule has 0 saturated heterocycles. The van der Waals surface area contributed by atoms with Crippen LogP contribution in [0.5, 0.6) is 0 Å². The number of esters is 1. The number of aliphatic hydroxyl groups excluding tert-OH is 3. The molecule has 0 rings (SSSR count). The van der Waals surface area contributed by atoms with E-state index in [-0.39, 0.29) is 31.9 Å². The van der Waals surface area contributed by atoms with Crippen molar-refractivity contribution in [3.63, 3.8) is 0 Å². The Labute approximate surface area is 109 Å². The maximum atomic E-state index is 11.4. The van der Waals surface area contributed by atoms with Crippen molar-refractivity contribution in [2.45, 2.75) is 52.1 Å². The third-order valence-electron chi connectivity index (χ3n) is 2.98. The second kappa shape index (κ2) is 9.30. The zero-order chi connectivity index (χ0) is 14.0. The first-order chi connectivity index (χ1) is 8.47. The number of unbranched alkanes of at least 4 members (excludes halogenated alkanes) is 1. The Morgan fingerprint density at radius 3 is 2.39 bits per heavy atom. The summed E-state index contributed by atoms with van der Waals surface area (Å²) in [5, 5.41) is 27.4. The van der Waals surface area contributed by atoms with Gasteiger partial charge in [-0.1, -0.05) is 20.3 Å². The molecule has 0 amide bonds. The van der Waals surface area contributed by atoms with Gasteiger partial charge in [0.15, 0.2) is 0 Å². The van der Waals surface area contributed by atoms with Gasteiger partial charge in [0.25, 0.3) is 0 Å². The van der Waals surface area contributed by atoms with Crippen molar-refractivity contribution in [1.82, 2.24) is 0 Å². The summed E-state index contributed by atoms with van der Waals surface area (Å²) in [6.45, 7) is 3.15. The Balaban J connectivity index is 3.66. The van der Waals surface area contributed by atoms with Crippen molar-refractivity contribution in [3.05, 3.63) is 0 Å². The summed E-state index contributed by atoms with van der Waals surface area (Å²) in [5.41, 5.74) is -0.770. The van der Waals surface area contributed by atoms with Crippen molar-refractivity contribution < 1.29 is 24.9 Å². The average Bonchev–Trinajstić information content (AvgIpc) is 2.40. The molecule has 1 unspecified atom stereocenters. The number of hydrogen-bond acceptors (Lipinski definition) is 5. The lowest BCUT2D eigenvalue weighted by Crippen LogP contribution is -2.32. The van der Waals surface area contributed by atoms with Crippen LogP contribution in [0.2, 0.25) is 0 Å². The summed E-state index contributed by atoms with van der Waals surface area (Å²) in [4.78, 5) is 11.4. The Morgan fingerprint density at radius 1 is 1.28 bits per heavy atom. The lowest BCUT2D eigenvalue weighted by atomic mass is 9.94. The van der Waals surface area contributed by atoms with Gasteiger partial charge in [0.2, 0.25) is 0 Å². The van der Waals surface area contributed by atoms with Crippen molar-refractivity contribution in [2.24, 2.45) is 5.41 Å². The molecule has 0 aliphatic heterocycles. The molecule has 0 bridgehead atoms. The van der Waals surface area contributed by atoms with E-state index in [9.17, 15) is 9.90 Å². The minimum Gasteiger partial charge on any atom is -0.465 e. The van der Waals surface area contributed by atoms with Crippen LogP contribution in [0.1, 0.15) is 46.0 Å². The molecule has 5 nitrogen and oxygen atoms in total. The van der Waals surface area contributed by atoms with Crippen LogP contribution in [0, 0.1) is 5.41 Å². The highest BCUT2D eigenvalue weighted by Gasteiger charge is 2.24. The molecule has 18 heavy (non-hydrogen) atoms. The van der Waals surface area contributed by atoms with Crippen LogP contribution in [-0.4, -0.2) is 47.2 Å². The third-order valence-corrected chi connectivity index (χ3v) is 2.98. The molecule has 0 fully saturated rings.